The number of sulfone groups is 1. The lowest BCUT2D eigenvalue weighted by atomic mass is 10.1. The number of sulfonamides is 1. The molecule has 1 aliphatic heterocycles. The molecule has 0 radical (unpaired) electrons. The van der Waals surface area contributed by atoms with E-state index in [4.69, 9.17) is 0 Å². The molecule has 1 N–H and O–H groups in total. The van der Waals surface area contributed by atoms with Crippen molar-refractivity contribution in [1.29, 1.82) is 0 Å². The summed E-state index contributed by atoms with van der Waals surface area (Å²) in [6.07, 6.45) is 1.05. The predicted octanol–water partition coefficient (Wildman–Crippen LogP) is -0.957. The second-order valence-electron chi connectivity index (χ2n) is 4.54. The maximum absolute atomic E-state index is 12.0. The number of nitrogens with one attached hydrogen (secondary N) is 1. The first kappa shape index (κ1) is 14.9. The summed E-state index contributed by atoms with van der Waals surface area (Å²) in [7, 11) is -6.73. The van der Waals surface area contributed by atoms with Crippen LogP contribution in [0, 0.1) is 0 Å². The van der Waals surface area contributed by atoms with Crippen LogP contribution in [0.4, 0.5) is 0 Å². The molecule has 8 heteroatoms. The zero-order chi connectivity index (χ0) is 13.3. The van der Waals surface area contributed by atoms with Gasteiger partial charge in [-0.05, 0) is 13.8 Å². The third-order valence-electron chi connectivity index (χ3n) is 3.05. The molecule has 2 unspecified atom stereocenters. The van der Waals surface area contributed by atoms with Crippen molar-refractivity contribution in [3.05, 3.63) is 0 Å². The van der Waals surface area contributed by atoms with E-state index in [-0.39, 0.29) is 23.6 Å². The lowest BCUT2D eigenvalue weighted by Gasteiger charge is -2.37. The van der Waals surface area contributed by atoms with Gasteiger partial charge in [0.2, 0.25) is 10.0 Å². The summed E-state index contributed by atoms with van der Waals surface area (Å²) in [5, 5.41) is 3.18. The molecule has 6 nitrogen and oxygen atoms in total. The van der Waals surface area contributed by atoms with Gasteiger partial charge in [-0.1, -0.05) is 0 Å². The molecule has 0 aromatic carbocycles. The number of hydrogen-bond donors (Lipinski definition) is 1. The Bertz CT molecular complexity index is 457. The topological polar surface area (TPSA) is 83.6 Å². The van der Waals surface area contributed by atoms with Crippen molar-refractivity contribution in [1.82, 2.24) is 9.62 Å². The standard InChI is InChI=1S/C9H20N2O4S2/c1-8-9(2)11(5-4-10-8)17(14,15)7-6-16(3,12)13/h8-10H,4-7H2,1-3H3. The zero-order valence-corrected chi connectivity index (χ0v) is 12.0. The molecule has 1 rings (SSSR count). The molecule has 0 aromatic rings. The van der Waals surface area contributed by atoms with E-state index < -0.39 is 19.9 Å². The molecular formula is C9H20N2O4S2. The number of nitrogens with zero attached hydrogens (tertiary/aromatic N) is 1. The average Bonchev–Trinajstić information content (AvgIpc) is 2.18. The van der Waals surface area contributed by atoms with Crippen LogP contribution < -0.4 is 5.32 Å². The predicted molar refractivity (Wildman–Crippen MR) is 67.1 cm³/mol. The molecule has 17 heavy (non-hydrogen) atoms. The molecule has 2 atom stereocenters. The van der Waals surface area contributed by atoms with Crippen molar-refractivity contribution in [2.24, 2.45) is 0 Å². The molecule has 0 amide bonds. The molecular weight excluding hydrogens is 264 g/mol. The Kier molecular flexibility index (Phi) is 4.56. The van der Waals surface area contributed by atoms with Gasteiger partial charge in [0.1, 0.15) is 9.84 Å². The van der Waals surface area contributed by atoms with E-state index >= 15 is 0 Å². The van der Waals surface area contributed by atoms with Gasteiger partial charge in [0.25, 0.3) is 0 Å². The molecule has 1 aliphatic rings. The number of hydrogen-bond acceptors (Lipinski definition) is 5. The van der Waals surface area contributed by atoms with Gasteiger partial charge in [-0.15, -0.1) is 0 Å². The maximum Gasteiger partial charge on any atom is 0.215 e. The smallest absolute Gasteiger partial charge is 0.215 e. The SMILES string of the molecule is CC1NCCN(S(=O)(=O)CCS(C)(=O)=O)C1C. The van der Waals surface area contributed by atoms with Gasteiger partial charge in [-0.25, -0.2) is 16.8 Å². The molecule has 1 saturated heterocycles. The molecule has 1 fully saturated rings. The second kappa shape index (κ2) is 5.21. The first-order valence-electron chi connectivity index (χ1n) is 5.54. The van der Waals surface area contributed by atoms with Gasteiger partial charge < -0.3 is 5.32 Å². The molecule has 0 saturated carbocycles. The van der Waals surface area contributed by atoms with E-state index in [1.54, 1.807) is 0 Å². The molecule has 0 bridgehead atoms. The van der Waals surface area contributed by atoms with Crippen molar-refractivity contribution in [2.75, 3.05) is 30.9 Å². The monoisotopic (exact) mass is 284 g/mol. The Morgan fingerprint density at radius 1 is 1.18 bits per heavy atom. The van der Waals surface area contributed by atoms with Gasteiger partial charge in [-0.2, -0.15) is 4.31 Å². The van der Waals surface area contributed by atoms with E-state index in [2.05, 4.69) is 5.32 Å². The van der Waals surface area contributed by atoms with Crippen molar-refractivity contribution >= 4 is 19.9 Å². The fourth-order valence-electron chi connectivity index (χ4n) is 1.79. The highest BCUT2D eigenvalue weighted by molar-refractivity contribution is 7.93. The Balaban J connectivity index is 2.76. The van der Waals surface area contributed by atoms with Crippen LogP contribution in [0.1, 0.15) is 13.8 Å². The third-order valence-corrected chi connectivity index (χ3v) is 6.20. The molecule has 0 aliphatic carbocycles. The van der Waals surface area contributed by atoms with E-state index in [1.807, 2.05) is 13.8 Å². The summed E-state index contributed by atoms with van der Waals surface area (Å²) >= 11 is 0. The van der Waals surface area contributed by atoms with Crippen molar-refractivity contribution < 1.29 is 16.8 Å². The number of piperazine rings is 1. The van der Waals surface area contributed by atoms with Gasteiger partial charge in [0.05, 0.1) is 11.5 Å². The molecule has 1 heterocycles. The Hall–Kier alpha value is -0.180. The van der Waals surface area contributed by atoms with E-state index in [9.17, 15) is 16.8 Å². The second-order valence-corrected chi connectivity index (χ2v) is 8.84. The Morgan fingerprint density at radius 3 is 2.29 bits per heavy atom. The summed E-state index contributed by atoms with van der Waals surface area (Å²) < 4.78 is 47.5. The summed E-state index contributed by atoms with van der Waals surface area (Å²) in [4.78, 5) is 0. The van der Waals surface area contributed by atoms with E-state index in [1.165, 1.54) is 4.31 Å². The minimum absolute atomic E-state index is 0.0803. The molecule has 102 valence electrons. The molecule has 0 spiro atoms. The first-order chi connectivity index (χ1) is 7.63. The van der Waals surface area contributed by atoms with Crippen molar-refractivity contribution in [2.45, 2.75) is 25.9 Å². The van der Waals surface area contributed by atoms with Crippen LogP contribution in [-0.2, 0) is 19.9 Å². The average molecular weight is 284 g/mol. The van der Waals surface area contributed by atoms with Gasteiger partial charge >= 0.3 is 0 Å². The maximum atomic E-state index is 12.0. The summed E-state index contributed by atoms with van der Waals surface area (Å²) in [5.41, 5.74) is 0. The highest BCUT2D eigenvalue weighted by atomic mass is 32.2. The van der Waals surface area contributed by atoms with Crippen LogP contribution in [0.2, 0.25) is 0 Å². The number of rotatable bonds is 4. The van der Waals surface area contributed by atoms with Crippen LogP contribution in [-0.4, -0.2) is 64.1 Å². The first-order valence-corrected chi connectivity index (χ1v) is 9.21. The van der Waals surface area contributed by atoms with E-state index in [0.717, 1.165) is 6.26 Å². The zero-order valence-electron chi connectivity index (χ0n) is 10.4. The lowest BCUT2D eigenvalue weighted by molar-refractivity contribution is 0.233. The highest BCUT2D eigenvalue weighted by Crippen LogP contribution is 2.14. The van der Waals surface area contributed by atoms with Crippen molar-refractivity contribution in [3.8, 4) is 0 Å². The third kappa shape index (κ3) is 4.20. The fraction of sp³-hybridized carbons (Fsp3) is 1.00. The van der Waals surface area contributed by atoms with Crippen molar-refractivity contribution in [3.63, 3.8) is 0 Å². The van der Waals surface area contributed by atoms with Crippen LogP contribution in [0.5, 0.6) is 0 Å². The largest absolute Gasteiger partial charge is 0.311 e. The summed E-state index contributed by atoms with van der Waals surface area (Å²) in [6.45, 7) is 4.75. The van der Waals surface area contributed by atoms with Crippen LogP contribution in [0.15, 0.2) is 0 Å². The summed E-state index contributed by atoms with van der Waals surface area (Å²) in [5.74, 6) is -0.650. The van der Waals surface area contributed by atoms with Crippen LogP contribution in [0.25, 0.3) is 0 Å². The molecule has 0 aromatic heterocycles. The van der Waals surface area contributed by atoms with Crippen LogP contribution in [0.3, 0.4) is 0 Å². The van der Waals surface area contributed by atoms with E-state index in [0.29, 0.717) is 13.1 Å². The van der Waals surface area contributed by atoms with Crippen LogP contribution >= 0.6 is 0 Å². The van der Waals surface area contributed by atoms with Gasteiger partial charge in [0.15, 0.2) is 0 Å². The Labute approximate surface area is 103 Å². The normalized spacial score (nSPS) is 28.2. The fourth-order valence-corrected chi connectivity index (χ4v) is 5.14. The lowest BCUT2D eigenvalue weighted by Crippen LogP contribution is -2.57. The van der Waals surface area contributed by atoms with Gasteiger partial charge in [0, 0.05) is 31.4 Å². The summed E-state index contributed by atoms with van der Waals surface area (Å²) in [6, 6.07) is -0.0648. The van der Waals surface area contributed by atoms with Gasteiger partial charge in [-0.3, -0.25) is 0 Å². The minimum Gasteiger partial charge on any atom is -0.311 e. The Morgan fingerprint density at radius 2 is 1.76 bits per heavy atom. The minimum atomic E-state index is -3.48. The highest BCUT2D eigenvalue weighted by Gasteiger charge is 2.33. The quantitative estimate of drug-likeness (QED) is 0.719.